The summed E-state index contributed by atoms with van der Waals surface area (Å²) in [7, 11) is -5.21. The van der Waals surface area contributed by atoms with Crippen molar-refractivity contribution in [3.8, 4) is 0 Å². The molecule has 0 saturated carbocycles. The van der Waals surface area contributed by atoms with Gasteiger partial charge >= 0.3 is 10.4 Å². The highest BCUT2D eigenvalue weighted by molar-refractivity contribution is 7.80. The van der Waals surface area contributed by atoms with Crippen LogP contribution >= 0.6 is 0 Å². The molecule has 0 saturated heterocycles. The molecule has 0 aliphatic rings. The van der Waals surface area contributed by atoms with Gasteiger partial charge in [-0.1, -0.05) is 0 Å². The van der Waals surface area contributed by atoms with E-state index in [1.165, 1.54) is 0 Å². The van der Waals surface area contributed by atoms with Crippen LogP contribution in [0.5, 0.6) is 0 Å². The van der Waals surface area contributed by atoms with Crippen LogP contribution in [0.25, 0.3) is 0 Å². The van der Waals surface area contributed by atoms with Crippen LogP contribution in [-0.2, 0) is 14.6 Å². The average Bonchev–Trinajstić information content (AvgIpc) is 1.94. The first kappa shape index (κ1) is 16.4. The Balaban J connectivity index is 4.43. The van der Waals surface area contributed by atoms with Crippen molar-refractivity contribution in [3.05, 3.63) is 0 Å². The molecule has 0 bridgehead atoms. The molecular weight excluding hydrogens is 282 g/mol. The highest BCUT2D eigenvalue weighted by atomic mass is 32.3. The van der Waals surface area contributed by atoms with Gasteiger partial charge in [0, 0.05) is 0 Å². The molecule has 104 valence electrons. The Labute approximate surface area is 92.5 Å². The second-order valence-corrected chi connectivity index (χ2v) is 4.26. The van der Waals surface area contributed by atoms with Crippen molar-refractivity contribution < 1.29 is 43.5 Å². The number of halogens is 6. The van der Waals surface area contributed by atoms with E-state index in [1.54, 1.807) is 0 Å². The number of hydrogen-bond acceptors (Lipinski definition) is 3. The predicted octanol–water partition coefficient (Wildman–Crippen LogP) is 2.12. The molecule has 1 N–H and O–H groups in total. The van der Waals surface area contributed by atoms with E-state index < -0.39 is 48.1 Å². The van der Waals surface area contributed by atoms with E-state index in [4.69, 9.17) is 4.55 Å². The highest BCUT2D eigenvalue weighted by Crippen LogP contribution is 2.35. The van der Waals surface area contributed by atoms with Gasteiger partial charge < -0.3 is 0 Å². The van der Waals surface area contributed by atoms with E-state index in [2.05, 4.69) is 4.18 Å². The largest absolute Gasteiger partial charge is 0.397 e. The molecule has 17 heavy (non-hydrogen) atoms. The van der Waals surface area contributed by atoms with E-state index >= 15 is 0 Å². The lowest BCUT2D eigenvalue weighted by Crippen LogP contribution is -2.35. The smallest absolute Gasteiger partial charge is 0.264 e. The minimum absolute atomic E-state index is 2.05. The fourth-order valence-electron chi connectivity index (χ4n) is 0.888. The van der Waals surface area contributed by atoms with Crippen molar-refractivity contribution in [2.75, 3.05) is 6.61 Å². The van der Waals surface area contributed by atoms with E-state index in [1.807, 2.05) is 0 Å². The van der Waals surface area contributed by atoms with Crippen LogP contribution in [0.4, 0.5) is 26.3 Å². The Bertz CT molecular complexity index is 340. The van der Waals surface area contributed by atoms with Gasteiger partial charge in [0.1, 0.15) is 6.61 Å². The van der Waals surface area contributed by atoms with Crippen LogP contribution in [0.15, 0.2) is 0 Å². The molecule has 4 nitrogen and oxygen atoms in total. The molecular formula is C6H8F6O4S. The van der Waals surface area contributed by atoms with Gasteiger partial charge in [0.25, 0.3) is 11.8 Å². The lowest BCUT2D eigenvalue weighted by molar-refractivity contribution is -0.143. The first-order valence-corrected chi connectivity index (χ1v) is 5.35. The Kier molecular flexibility index (Phi) is 5.22. The highest BCUT2D eigenvalue weighted by Gasteiger charge is 2.45. The van der Waals surface area contributed by atoms with Crippen molar-refractivity contribution in [2.45, 2.75) is 31.1 Å². The van der Waals surface area contributed by atoms with Crippen molar-refractivity contribution in [3.63, 3.8) is 0 Å². The summed E-state index contributed by atoms with van der Waals surface area (Å²) < 4.78 is 105. The molecule has 0 aromatic carbocycles. The Morgan fingerprint density at radius 2 is 1.59 bits per heavy atom. The maximum atomic E-state index is 12.7. The normalized spacial score (nSPS) is 14.4. The summed E-state index contributed by atoms with van der Waals surface area (Å²) in [4.78, 5) is 0. The third-order valence-corrected chi connectivity index (χ3v) is 1.80. The molecule has 0 aromatic rings. The number of rotatable bonds is 7. The van der Waals surface area contributed by atoms with Gasteiger partial charge in [0.2, 0.25) is 6.43 Å². The predicted molar refractivity (Wildman–Crippen MR) is 42.6 cm³/mol. The van der Waals surface area contributed by atoms with Gasteiger partial charge in [-0.25, -0.2) is 30.5 Å². The fourth-order valence-corrected chi connectivity index (χ4v) is 1.21. The quantitative estimate of drug-likeness (QED) is 0.576. The molecule has 11 heteroatoms. The first-order chi connectivity index (χ1) is 7.33. The van der Waals surface area contributed by atoms with E-state index in [0.29, 0.717) is 0 Å². The van der Waals surface area contributed by atoms with Gasteiger partial charge in [0.05, 0.1) is 12.8 Å². The zero-order chi connectivity index (χ0) is 13.9. The monoisotopic (exact) mass is 290 g/mol. The molecule has 0 amide bonds. The van der Waals surface area contributed by atoms with E-state index in [-0.39, 0.29) is 0 Å². The molecule has 0 spiro atoms. The van der Waals surface area contributed by atoms with Crippen molar-refractivity contribution in [1.82, 2.24) is 0 Å². The van der Waals surface area contributed by atoms with Crippen LogP contribution in [0.2, 0.25) is 0 Å². The molecule has 0 fully saturated rings. The molecule has 0 aliphatic heterocycles. The van der Waals surface area contributed by atoms with Gasteiger partial charge in [-0.15, -0.1) is 0 Å². The topological polar surface area (TPSA) is 63.6 Å². The second-order valence-electron chi connectivity index (χ2n) is 3.17. The van der Waals surface area contributed by atoms with Crippen LogP contribution in [-0.4, -0.2) is 37.8 Å². The van der Waals surface area contributed by atoms with Gasteiger partial charge in [0.15, 0.2) is 0 Å². The molecule has 0 atom stereocenters. The third-order valence-electron chi connectivity index (χ3n) is 1.39. The summed E-state index contributed by atoms with van der Waals surface area (Å²) in [6.07, 6.45) is -7.86. The van der Waals surface area contributed by atoms with Gasteiger partial charge in [-0.05, 0) is 0 Å². The molecule has 0 aromatic heterocycles. The standard InChI is InChI=1S/C6H8F6O4S/c7-4(8)1-5(9,10)2-6(11,12)3-16-17(13,14)15/h4H,1-3H2,(H,13,14,15). The van der Waals surface area contributed by atoms with Crippen LogP contribution in [0, 0.1) is 0 Å². The van der Waals surface area contributed by atoms with Crippen molar-refractivity contribution in [1.29, 1.82) is 0 Å². The minimum Gasteiger partial charge on any atom is -0.264 e. The zero-order valence-electron chi connectivity index (χ0n) is 8.05. The Morgan fingerprint density at radius 3 is 1.94 bits per heavy atom. The van der Waals surface area contributed by atoms with Gasteiger partial charge in [-0.3, -0.25) is 4.55 Å². The Hall–Kier alpha value is -0.550. The third kappa shape index (κ3) is 9.18. The summed E-state index contributed by atoms with van der Waals surface area (Å²) in [6.45, 7) is -2.05. The average molecular weight is 290 g/mol. The molecule has 0 aliphatic carbocycles. The molecule has 0 radical (unpaired) electrons. The van der Waals surface area contributed by atoms with Gasteiger partial charge in [-0.2, -0.15) is 8.42 Å². The summed E-state index contributed by atoms with van der Waals surface area (Å²) in [5.74, 6) is -8.74. The molecule has 0 heterocycles. The lowest BCUT2D eigenvalue weighted by atomic mass is 10.1. The van der Waals surface area contributed by atoms with Crippen molar-refractivity contribution >= 4 is 10.4 Å². The zero-order valence-corrected chi connectivity index (χ0v) is 8.86. The number of hydrogen-bond donors (Lipinski definition) is 1. The minimum atomic E-state index is -5.21. The van der Waals surface area contributed by atoms with E-state index in [0.717, 1.165) is 0 Å². The summed E-state index contributed by atoms with van der Waals surface area (Å²) in [6, 6.07) is 0. The Morgan fingerprint density at radius 1 is 1.12 bits per heavy atom. The molecule has 0 unspecified atom stereocenters. The van der Waals surface area contributed by atoms with Crippen molar-refractivity contribution in [2.24, 2.45) is 0 Å². The number of alkyl halides is 6. The second kappa shape index (κ2) is 5.40. The molecule has 0 rings (SSSR count). The lowest BCUT2D eigenvalue weighted by Gasteiger charge is -2.22. The summed E-state index contributed by atoms with van der Waals surface area (Å²) >= 11 is 0. The maximum absolute atomic E-state index is 12.7. The van der Waals surface area contributed by atoms with E-state index in [9.17, 15) is 34.8 Å². The SMILES string of the molecule is O=S(=O)(O)OCC(F)(F)CC(F)(F)CC(F)F. The summed E-state index contributed by atoms with van der Waals surface area (Å²) in [5.41, 5.74) is 0. The first-order valence-electron chi connectivity index (χ1n) is 3.99. The fraction of sp³-hybridized carbons (Fsp3) is 1.00. The van der Waals surface area contributed by atoms with Crippen LogP contribution in [0.1, 0.15) is 12.8 Å². The summed E-state index contributed by atoms with van der Waals surface area (Å²) in [5, 5.41) is 0. The van der Waals surface area contributed by atoms with Crippen LogP contribution in [0.3, 0.4) is 0 Å². The maximum Gasteiger partial charge on any atom is 0.397 e. The van der Waals surface area contributed by atoms with Crippen LogP contribution < -0.4 is 0 Å².